The Kier molecular flexibility index (Phi) is 3.47. The Morgan fingerprint density at radius 1 is 1.59 bits per heavy atom. The molecule has 0 unspecified atom stereocenters. The maximum atomic E-state index is 11.4. The number of hydrogen-bond acceptors (Lipinski definition) is 3. The summed E-state index contributed by atoms with van der Waals surface area (Å²) in [5.41, 5.74) is 0.818. The van der Waals surface area contributed by atoms with E-state index in [2.05, 4.69) is 5.32 Å². The van der Waals surface area contributed by atoms with Crippen LogP contribution in [0, 0.1) is 0 Å². The number of nitrogens with one attached hydrogen (secondary N) is 1. The predicted octanol–water partition coefficient (Wildman–Crippen LogP) is 1.80. The molecule has 4 nitrogen and oxygen atoms in total. The monoisotopic (exact) mass is 253 g/mol. The van der Waals surface area contributed by atoms with Crippen molar-refractivity contribution >= 4 is 23.2 Å². The molecule has 1 aromatic rings. The minimum absolute atomic E-state index is 0.0330. The van der Waals surface area contributed by atoms with Crippen molar-refractivity contribution in [3.8, 4) is 0 Å². The minimum Gasteiger partial charge on any atom is -0.481 e. The van der Waals surface area contributed by atoms with Gasteiger partial charge in [-0.25, -0.2) is 0 Å². The van der Waals surface area contributed by atoms with Gasteiger partial charge in [-0.3, -0.25) is 9.59 Å². The molecule has 0 aromatic carbocycles. The van der Waals surface area contributed by atoms with Crippen LogP contribution in [0.3, 0.4) is 0 Å². The summed E-state index contributed by atoms with van der Waals surface area (Å²) >= 11 is 1.62. The van der Waals surface area contributed by atoms with Gasteiger partial charge in [0.05, 0.1) is 0 Å². The Labute approximate surface area is 104 Å². The van der Waals surface area contributed by atoms with E-state index in [1.165, 1.54) is 5.56 Å². The number of hydrogen-bond donors (Lipinski definition) is 2. The third kappa shape index (κ3) is 3.06. The second-order valence-corrected chi connectivity index (χ2v) is 5.31. The lowest BCUT2D eigenvalue weighted by molar-refractivity contribution is -0.137. The van der Waals surface area contributed by atoms with Gasteiger partial charge in [-0.1, -0.05) is 0 Å². The summed E-state index contributed by atoms with van der Waals surface area (Å²) < 4.78 is 0. The van der Waals surface area contributed by atoms with Crippen molar-refractivity contribution in [3.63, 3.8) is 0 Å². The van der Waals surface area contributed by atoms with Gasteiger partial charge in [-0.05, 0) is 41.7 Å². The lowest BCUT2D eigenvalue weighted by atomic mass is 9.86. The molecule has 1 atom stereocenters. The molecule has 5 heteroatoms. The fourth-order valence-corrected chi connectivity index (χ4v) is 2.98. The Bertz CT molecular complexity index is 415. The van der Waals surface area contributed by atoms with E-state index in [9.17, 15) is 9.59 Å². The normalized spacial score (nSPS) is 23.6. The number of amides is 1. The second kappa shape index (κ2) is 4.87. The van der Waals surface area contributed by atoms with Crippen LogP contribution in [0.4, 0.5) is 0 Å². The molecular formula is C12H15NO3S. The molecule has 0 saturated carbocycles. The van der Waals surface area contributed by atoms with Crippen LogP contribution in [0.5, 0.6) is 0 Å². The number of carboxylic acid groups (broad SMARTS) is 1. The number of thiophene rings is 1. The molecule has 0 radical (unpaired) electrons. The number of carboxylic acids is 1. The summed E-state index contributed by atoms with van der Waals surface area (Å²) in [6, 6.07) is 2.03. The maximum Gasteiger partial charge on any atom is 0.303 e. The van der Waals surface area contributed by atoms with E-state index in [4.69, 9.17) is 5.11 Å². The first-order valence-electron chi connectivity index (χ1n) is 5.64. The van der Waals surface area contributed by atoms with E-state index < -0.39 is 5.97 Å². The predicted molar refractivity (Wildman–Crippen MR) is 65.0 cm³/mol. The highest BCUT2D eigenvalue weighted by molar-refractivity contribution is 7.07. The van der Waals surface area contributed by atoms with Gasteiger partial charge in [0.1, 0.15) is 0 Å². The highest BCUT2D eigenvalue weighted by atomic mass is 32.1. The van der Waals surface area contributed by atoms with Crippen molar-refractivity contribution < 1.29 is 14.7 Å². The van der Waals surface area contributed by atoms with Gasteiger partial charge in [0.2, 0.25) is 5.91 Å². The van der Waals surface area contributed by atoms with Crippen molar-refractivity contribution in [1.82, 2.24) is 5.32 Å². The standard InChI is InChI=1S/C12H15NO3S/c14-10-1-4-12(13-10,5-2-11(15)16)7-9-3-6-17-8-9/h3,6,8H,1-2,4-5,7H2,(H,13,14)(H,15,16)/t12-/m0/s1. The van der Waals surface area contributed by atoms with Crippen LogP contribution in [0.1, 0.15) is 31.2 Å². The summed E-state index contributed by atoms with van der Waals surface area (Å²) in [6.45, 7) is 0. The van der Waals surface area contributed by atoms with Crippen molar-refractivity contribution in [1.29, 1.82) is 0 Å². The number of rotatable bonds is 5. The van der Waals surface area contributed by atoms with Gasteiger partial charge >= 0.3 is 5.97 Å². The van der Waals surface area contributed by atoms with E-state index in [-0.39, 0.29) is 17.9 Å². The number of aliphatic carboxylic acids is 1. The zero-order chi connectivity index (χ0) is 12.3. The van der Waals surface area contributed by atoms with Gasteiger partial charge in [0, 0.05) is 18.4 Å². The Morgan fingerprint density at radius 2 is 2.41 bits per heavy atom. The Morgan fingerprint density at radius 3 is 2.94 bits per heavy atom. The average Bonchev–Trinajstić information content (AvgIpc) is 2.87. The third-order valence-electron chi connectivity index (χ3n) is 3.18. The SMILES string of the molecule is O=C(O)CC[C@]1(Cc2ccsc2)CCC(=O)N1. The van der Waals surface area contributed by atoms with Crippen LogP contribution in [0.25, 0.3) is 0 Å². The van der Waals surface area contributed by atoms with Crippen molar-refractivity contribution in [2.24, 2.45) is 0 Å². The maximum absolute atomic E-state index is 11.4. The average molecular weight is 253 g/mol. The van der Waals surface area contributed by atoms with Crippen molar-refractivity contribution in [2.45, 2.75) is 37.6 Å². The molecule has 0 bridgehead atoms. The molecule has 1 aromatic heterocycles. The molecule has 1 aliphatic rings. The van der Waals surface area contributed by atoms with Crippen LogP contribution in [-0.2, 0) is 16.0 Å². The van der Waals surface area contributed by atoms with Crippen LogP contribution in [-0.4, -0.2) is 22.5 Å². The van der Waals surface area contributed by atoms with Gasteiger partial charge in [0.15, 0.2) is 0 Å². The first-order chi connectivity index (χ1) is 8.10. The summed E-state index contributed by atoms with van der Waals surface area (Å²) in [6.07, 6.45) is 2.57. The summed E-state index contributed by atoms with van der Waals surface area (Å²) in [4.78, 5) is 22.0. The zero-order valence-electron chi connectivity index (χ0n) is 9.44. The Balaban J connectivity index is 2.07. The fourth-order valence-electron chi connectivity index (χ4n) is 2.31. The summed E-state index contributed by atoms with van der Waals surface area (Å²) in [5.74, 6) is -0.776. The molecule has 1 saturated heterocycles. The van der Waals surface area contributed by atoms with Gasteiger partial charge < -0.3 is 10.4 Å². The lowest BCUT2D eigenvalue weighted by Gasteiger charge is -2.28. The molecule has 1 amide bonds. The smallest absolute Gasteiger partial charge is 0.303 e. The Hall–Kier alpha value is -1.36. The van der Waals surface area contributed by atoms with Gasteiger partial charge in [-0.15, -0.1) is 0 Å². The first kappa shape index (κ1) is 12.1. The summed E-state index contributed by atoms with van der Waals surface area (Å²) in [5, 5.41) is 15.8. The molecule has 2 rings (SSSR count). The minimum atomic E-state index is -0.809. The van der Waals surface area contributed by atoms with Gasteiger partial charge in [0.25, 0.3) is 0 Å². The highest BCUT2D eigenvalue weighted by Gasteiger charge is 2.37. The zero-order valence-corrected chi connectivity index (χ0v) is 10.3. The molecule has 2 N–H and O–H groups in total. The molecule has 1 fully saturated rings. The van der Waals surface area contributed by atoms with Crippen LogP contribution < -0.4 is 5.32 Å². The van der Waals surface area contributed by atoms with E-state index in [1.807, 2.05) is 16.8 Å². The van der Waals surface area contributed by atoms with E-state index >= 15 is 0 Å². The van der Waals surface area contributed by atoms with E-state index in [0.29, 0.717) is 12.8 Å². The van der Waals surface area contributed by atoms with Crippen LogP contribution in [0.15, 0.2) is 16.8 Å². The number of carbonyl (C=O) groups is 2. The van der Waals surface area contributed by atoms with Crippen molar-refractivity contribution in [2.75, 3.05) is 0 Å². The second-order valence-electron chi connectivity index (χ2n) is 4.53. The fraction of sp³-hybridized carbons (Fsp3) is 0.500. The molecule has 17 heavy (non-hydrogen) atoms. The quantitative estimate of drug-likeness (QED) is 0.841. The molecule has 92 valence electrons. The first-order valence-corrected chi connectivity index (χ1v) is 6.58. The molecule has 0 spiro atoms. The molecule has 1 aliphatic heterocycles. The molecule has 0 aliphatic carbocycles. The highest BCUT2D eigenvalue weighted by Crippen LogP contribution is 2.30. The molecular weight excluding hydrogens is 238 g/mol. The summed E-state index contributed by atoms with van der Waals surface area (Å²) in [7, 11) is 0. The topological polar surface area (TPSA) is 66.4 Å². The van der Waals surface area contributed by atoms with Crippen molar-refractivity contribution in [3.05, 3.63) is 22.4 Å². The largest absolute Gasteiger partial charge is 0.481 e. The van der Waals surface area contributed by atoms with Gasteiger partial charge in [-0.2, -0.15) is 11.3 Å². The lowest BCUT2D eigenvalue weighted by Crippen LogP contribution is -2.43. The van der Waals surface area contributed by atoms with Crippen LogP contribution >= 0.6 is 11.3 Å². The van der Waals surface area contributed by atoms with E-state index in [0.717, 1.165) is 12.8 Å². The molecule has 2 heterocycles. The van der Waals surface area contributed by atoms with Crippen LogP contribution in [0.2, 0.25) is 0 Å². The third-order valence-corrected chi connectivity index (χ3v) is 3.91. The van der Waals surface area contributed by atoms with E-state index in [1.54, 1.807) is 11.3 Å². The number of carbonyl (C=O) groups excluding carboxylic acids is 1.